The predicted octanol–water partition coefficient (Wildman–Crippen LogP) is 3.52. The first kappa shape index (κ1) is 18.8. The second kappa shape index (κ2) is 7.32. The minimum Gasteiger partial charge on any atom is -0.348 e. The standard InChI is InChI=1S/C17H17BrN3O4P/c1-21-10-4-5-13(21)16(22)15-14(11-6-8-12(18)9-7-11)17(20-19-15)26(23,24-2)25-3/h4-10H,1-3H3,(H,19,20). The zero-order chi connectivity index (χ0) is 18.9. The summed E-state index contributed by atoms with van der Waals surface area (Å²) < 4.78 is 25.7. The summed E-state index contributed by atoms with van der Waals surface area (Å²) in [5.41, 5.74) is 1.83. The monoisotopic (exact) mass is 437 g/mol. The lowest BCUT2D eigenvalue weighted by molar-refractivity contribution is 0.102. The topological polar surface area (TPSA) is 86.2 Å². The summed E-state index contributed by atoms with van der Waals surface area (Å²) in [6, 6.07) is 10.7. The summed E-state index contributed by atoms with van der Waals surface area (Å²) in [5.74, 6) is -0.295. The average molecular weight is 438 g/mol. The molecule has 2 heterocycles. The van der Waals surface area contributed by atoms with E-state index in [0.29, 0.717) is 16.8 Å². The number of aryl methyl sites for hydroxylation is 1. The van der Waals surface area contributed by atoms with Gasteiger partial charge < -0.3 is 13.6 Å². The first-order valence-electron chi connectivity index (χ1n) is 7.63. The lowest BCUT2D eigenvalue weighted by atomic mass is 10.0. The number of nitrogens with zero attached hydrogens (tertiary/aromatic N) is 2. The Kier molecular flexibility index (Phi) is 5.29. The summed E-state index contributed by atoms with van der Waals surface area (Å²) in [7, 11) is 0.702. The molecule has 0 saturated heterocycles. The number of halogens is 1. The van der Waals surface area contributed by atoms with Crippen LogP contribution in [0.5, 0.6) is 0 Å². The van der Waals surface area contributed by atoms with Gasteiger partial charge in [0.05, 0.1) is 5.69 Å². The van der Waals surface area contributed by atoms with Crippen molar-refractivity contribution in [3.05, 3.63) is 58.5 Å². The number of carbonyl (C=O) groups excluding carboxylic acids is 1. The molecule has 2 aromatic heterocycles. The highest BCUT2D eigenvalue weighted by molar-refractivity contribution is 9.10. The molecule has 1 N–H and O–H groups in total. The van der Waals surface area contributed by atoms with Gasteiger partial charge in [-0.3, -0.25) is 14.5 Å². The molecule has 0 amide bonds. The third kappa shape index (κ3) is 3.21. The zero-order valence-electron chi connectivity index (χ0n) is 14.4. The van der Waals surface area contributed by atoms with Gasteiger partial charge in [-0.1, -0.05) is 28.1 Å². The van der Waals surface area contributed by atoms with Crippen LogP contribution < -0.4 is 5.44 Å². The Morgan fingerprint density at radius 2 is 1.85 bits per heavy atom. The van der Waals surface area contributed by atoms with E-state index >= 15 is 0 Å². The summed E-state index contributed by atoms with van der Waals surface area (Å²) in [6.45, 7) is 0. The number of ketones is 1. The van der Waals surface area contributed by atoms with Crippen LogP contribution in [0.1, 0.15) is 16.2 Å². The van der Waals surface area contributed by atoms with E-state index in [1.165, 1.54) is 14.2 Å². The van der Waals surface area contributed by atoms with Gasteiger partial charge in [0, 0.05) is 37.5 Å². The van der Waals surface area contributed by atoms with Gasteiger partial charge in [-0.05, 0) is 29.8 Å². The number of benzene rings is 1. The van der Waals surface area contributed by atoms with E-state index in [9.17, 15) is 9.36 Å². The van der Waals surface area contributed by atoms with Gasteiger partial charge in [0.1, 0.15) is 5.69 Å². The maximum absolute atomic E-state index is 13.0. The number of hydrogen-bond donors (Lipinski definition) is 1. The fourth-order valence-electron chi connectivity index (χ4n) is 2.66. The Morgan fingerprint density at radius 3 is 2.38 bits per heavy atom. The van der Waals surface area contributed by atoms with Gasteiger partial charge in [0.2, 0.25) is 5.78 Å². The average Bonchev–Trinajstić information content (AvgIpc) is 3.28. The fraction of sp³-hybridized carbons (Fsp3) is 0.176. The van der Waals surface area contributed by atoms with Crippen LogP contribution in [0.2, 0.25) is 0 Å². The molecular formula is C17H17BrN3O4P. The van der Waals surface area contributed by atoms with Gasteiger partial charge in [-0.15, -0.1) is 0 Å². The maximum atomic E-state index is 13.0. The molecule has 136 valence electrons. The van der Waals surface area contributed by atoms with Crippen molar-refractivity contribution in [3.63, 3.8) is 0 Å². The quantitative estimate of drug-likeness (QED) is 0.470. The largest absolute Gasteiger partial charge is 0.379 e. The Bertz CT molecular complexity index is 986. The van der Waals surface area contributed by atoms with Gasteiger partial charge in [0.15, 0.2) is 5.44 Å². The van der Waals surface area contributed by atoms with E-state index in [0.717, 1.165) is 4.47 Å². The van der Waals surface area contributed by atoms with Crippen LogP contribution in [0, 0.1) is 0 Å². The molecule has 0 aliphatic heterocycles. The van der Waals surface area contributed by atoms with E-state index in [1.807, 2.05) is 12.1 Å². The van der Waals surface area contributed by atoms with E-state index in [2.05, 4.69) is 26.1 Å². The summed E-state index contributed by atoms with van der Waals surface area (Å²) in [4.78, 5) is 13.0. The lowest BCUT2D eigenvalue weighted by Crippen LogP contribution is -2.14. The number of aromatic nitrogens is 3. The smallest absolute Gasteiger partial charge is 0.348 e. The molecule has 0 aliphatic carbocycles. The van der Waals surface area contributed by atoms with Gasteiger partial charge in [0.25, 0.3) is 0 Å². The molecule has 7 nitrogen and oxygen atoms in total. The minimum absolute atomic E-state index is 0.141. The molecule has 0 spiro atoms. The number of carbonyl (C=O) groups is 1. The van der Waals surface area contributed by atoms with Crippen LogP contribution in [0.15, 0.2) is 47.1 Å². The summed E-state index contributed by atoms with van der Waals surface area (Å²) in [6.07, 6.45) is 1.77. The number of aromatic amines is 1. The Hall–Kier alpha value is -1.99. The fourth-order valence-corrected chi connectivity index (χ4v) is 4.12. The van der Waals surface area contributed by atoms with E-state index in [4.69, 9.17) is 9.05 Å². The molecule has 9 heteroatoms. The maximum Gasteiger partial charge on any atom is 0.379 e. The number of H-pyrrole nitrogens is 1. The molecular weight excluding hydrogens is 421 g/mol. The summed E-state index contributed by atoms with van der Waals surface area (Å²) >= 11 is 3.38. The van der Waals surface area contributed by atoms with Crippen LogP contribution in [0.3, 0.4) is 0 Å². The summed E-state index contributed by atoms with van der Waals surface area (Å²) in [5, 5.41) is 6.83. The number of rotatable bonds is 6. The van der Waals surface area contributed by atoms with Gasteiger partial charge in [-0.2, -0.15) is 5.10 Å². The Balaban J connectivity index is 2.24. The highest BCUT2D eigenvalue weighted by atomic mass is 79.9. The molecule has 0 fully saturated rings. The molecule has 0 aliphatic rings. The van der Waals surface area contributed by atoms with E-state index < -0.39 is 7.60 Å². The zero-order valence-corrected chi connectivity index (χ0v) is 16.9. The van der Waals surface area contributed by atoms with Crippen molar-refractivity contribution in [1.29, 1.82) is 0 Å². The molecule has 1 aromatic carbocycles. The van der Waals surface area contributed by atoms with Crippen molar-refractivity contribution in [2.24, 2.45) is 7.05 Å². The van der Waals surface area contributed by atoms with Gasteiger partial charge >= 0.3 is 7.60 Å². The Labute approximate surface area is 159 Å². The van der Waals surface area contributed by atoms with Crippen molar-refractivity contribution < 1.29 is 18.4 Å². The second-order valence-corrected chi connectivity index (χ2v) is 8.59. The van der Waals surface area contributed by atoms with Crippen LogP contribution in [-0.4, -0.2) is 34.8 Å². The van der Waals surface area contributed by atoms with Crippen molar-refractivity contribution >= 4 is 34.7 Å². The first-order chi connectivity index (χ1) is 12.4. The highest BCUT2D eigenvalue weighted by Crippen LogP contribution is 2.47. The third-order valence-electron chi connectivity index (χ3n) is 4.03. The van der Waals surface area contributed by atoms with Gasteiger partial charge in [-0.25, -0.2) is 0 Å². The van der Waals surface area contributed by atoms with Crippen LogP contribution in [0.4, 0.5) is 0 Å². The lowest BCUT2D eigenvalue weighted by Gasteiger charge is -2.14. The molecule has 3 rings (SSSR count). The molecule has 0 unspecified atom stereocenters. The normalized spacial score (nSPS) is 11.7. The molecule has 26 heavy (non-hydrogen) atoms. The van der Waals surface area contributed by atoms with E-state index in [1.54, 1.807) is 42.1 Å². The van der Waals surface area contributed by atoms with Crippen LogP contribution >= 0.6 is 23.5 Å². The molecule has 0 atom stereocenters. The molecule has 3 aromatic rings. The molecule has 0 bridgehead atoms. The van der Waals surface area contributed by atoms with Crippen LogP contribution in [-0.2, 0) is 20.7 Å². The predicted molar refractivity (Wildman–Crippen MR) is 102 cm³/mol. The second-order valence-electron chi connectivity index (χ2n) is 5.50. The SMILES string of the molecule is COP(=O)(OC)c1[nH]nc(C(=O)c2cccn2C)c1-c1ccc(Br)cc1. The van der Waals surface area contributed by atoms with Crippen molar-refractivity contribution in [2.75, 3.05) is 14.2 Å². The molecule has 0 saturated carbocycles. The molecule has 0 radical (unpaired) electrons. The first-order valence-corrected chi connectivity index (χ1v) is 9.97. The third-order valence-corrected chi connectivity index (χ3v) is 6.39. The van der Waals surface area contributed by atoms with E-state index in [-0.39, 0.29) is 16.9 Å². The van der Waals surface area contributed by atoms with Crippen molar-refractivity contribution in [3.8, 4) is 11.1 Å². The number of nitrogens with one attached hydrogen (secondary N) is 1. The Morgan fingerprint density at radius 1 is 1.19 bits per heavy atom. The van der Waals surface area contributed by atoms with Crippen LogP contribution in [0.25, 0.3) is 11.1 Å². The minimum atomic E-state index is -3.64. The van der Waals surface area contributed by atoms with Crippen molar-refractivity contribution in [2.45, 2.75) is 0 Å². The van der Waals surface area contributed by atoms with Crippen molar-refractivity contribution in [1.82, 2.24) is 14.8 Å². The highest BCUT2D eigenvalue weighted by Gasteiger charge is 2.35. The number of hydrogen-bond acceptors (Lipinski definition) is 5.